The molecule has 0 spiro atoms. The van der Waals surface area contributed by atoms with E-state index in [2.05, 4.69) is 49.9 Å². The van der Waals surface area contributed by atoms with E-state index in [1.54, 1.807) is 7.11 Å². The Labute approximate surface area is 147 Å². The van der Waals surface area contributed by atoms with Crippen molar-refractivity contribution < 1.29 is 9.47 Å². The number of ether oxygens (including phenoxy) is 2. The van der Waals surface area contributed by atoms with Crippen LogP contribution in [0.2, 0.25) is 0 Å². The minimum absolute atomic E-state index is 0.714. The van der Waals surface area contributed by atoms with Crippen molar-refractivity contribution in [1.29, 1.82) is 0 Å². The second kappa shape index (κ2) is 8.73. The predicted molar refractivity (Wildman–Crippen MR) is 97.0 cm³/mol. The molecule has 0 heterocycles. The lowest BCUT2D eigenvalue weighted by Crippen LogP contribution is -2.18. The highest BCUT2D eigenvalue weighted by atomic mass is 127. The van der Waals surface area contributed by atoms with E-state index >= 15 is 0 Å². The number of hydrogen-bond donors (Lipinski definition) is 1. The van der Waals surface area contributed by atoms with Crippen LogP contribution in [0, 0.1) is 3.57 Å². The van der Waals surface area contributed by atoms with E-state index in [0.29, 0.717) is 6.61 Å². The first-order chi connectivity index (χ1) is 10.2. The maximum Gasteiger partial charge on any atom is 0.140 e. The Kier molecular flexibility index (Phi) is 6.95. The normalized spacial score (nSPS) is 10.6. The first-order valence-corrected chi connectivity index (χ1v) is 8.48. The molecule has 2 aromatic rings. The van der Waals surface area contributed by atoms with Gasteiger partial charge in [-0.3, -0.25) is 0 Å². The van der Waals surface area contributed by atoms with Crippen molar-refractivity contribution in [3.05, 3.63) is 56.1 Å². The zero-order chi connectivity index (χ0) is 15.1. The van der Waals surface area contributed by atoms with Crippen molar-refractivity contribution in [3.8, 4) is 11.5 Å². The number of rotatable bonds is 7. The number of nitrogens with one attached hydrogen (secondary N) is 1. The van der Waals surface area contributed by atoms with Crippen LogP contribution in [-0.4, -0.2) is 20.3 Å². The third-order valence-corrected chi connectivity index (χ3v) is 4.52. The molecular formula is C16H17BrINO2. The summed E-state index contributed by atoms with van der Waals surface area (Å²) in [5.74, 6) is 1.70. The molecule has 0 unspecified atom stereocenters. The Balaban J connectivity index is 2.00. The Morgan fingerprint density at radius 2 is 2.00 bits per heavy atom. The van der Waals surface area contributed by atoms with Crippen molar-refractivity contribution in [2.45, 2.75) is 6.54 Å². The molecule has 0 atom stereocenters. The van der Waals surface area contributed by atoms with Gasteiger partial charge in [-0.1, -0.05) is 34.1 Å². The third-order valence-electron chi connectivity index (χ3n) is 2.89. The van der Waals surface area contributed by atoms with Crippen LogP contribution in [0.5, 0.6) is 11.5 Å². The molecule has 3 nitrogen and oxygen atoms in total. The summed E-state index contributed by atoms with van der Waals surface area (Å²) in [5.41, 5.74) is 1.20. The molecule has 0 aliphatic carbocycles. The maximum atomic E-state index is 5.91. The zero-order valence-corrected chi connectivity index (χ0v) is 15.5. The summed E-state index contributed by atoms with van der Waals surface area (Å²) in [6.07, 6.45) is 0. The Morgan fingerprint density at radius 1 is 1.19 bits per heavy atom. The summed E-state index contributed by atoms with van der Waals surface area (Å²) in [6, 6.07) is 14.0. The van der Waals surface area contributed by atoms with Crippen LogP contribution in [0.15, 0.2) is 46.9 Å². The maximum absolute atomic E-state index is 5.91. The van der Waals surface area contributed by atoms with Crippen LogP contribution >= 0.6 is 38.5 Å². The molecule has 0 aromatic heterocycles. The van der Waals surface area contributed by atoms with Gasteiger partial charge in [-0.15, -0.1) is 0 Å². The number of benzene rings is 2. The summed E-state index contributed by atoms with van der Waals surface area (Å²) in [6.45, 7) is 2.35. The first kappa shape index (κ1) is 16.7. The van der Waals surface area contributed by atoms with Crippen LogP contribution in [-0.2, 0) is 11.3 Å². The van der Waals surface area contributed by atoms with E-state index in [1.165, 1.54) is 5.56 Å². The van der Waals surface area contributed by atoms with Gasteiger partial charge >= 0.3 is 0 Å². The fourth-order valence-corrected chi connectivity index (χ4v) is 2.78. The van der Waals surface area contributed by atoms with E-state index in [1.807, 2.05) is 36.4 Å². The Hall–Kier alpha value is -0.630. The molecule has 0 saturated heterocycles. The zero-order valence-electron chi connectivity index (χ0n) is 11.7. The van der Waals surface area contributed by atoms with Gasteiger partial charge in [-0.25, -0.2) is 0 Å². The second-order valence-corrected chi connectivity index (χ2v) is 6.47. The third kappa shape index (κ3) is 5.25. The summed E-state index contributed by atoms with van der Waals surface area (Å²) >= 11 is 5.87. The van der Waals surface area contributed by atoms with Gasteiger partial charge < -0.3 is 14.8 Å². The largest absolute Gasteiger partial charge is 0.456 e. The molecule has 0 radical (unpaired) electrons. The highest BCUT2D eigenvalue weighted by Gasteiger charge is 2.05. The molecule has 2 rings (SSSR count). The summed E-state index contributed by atoms with van der Waals surface area (Å²) in [5, 5.41) is 3.32. The summed E-state index contributed by atoms with van der Waals surface area (Å²) in [4.78, 5) is 0. The Bertz CT molecular complexity index is 592. The lowest BCUT2D eigenvalue weighted by molar-refractivity contribution is 0.199. The first-order valence-electron chi connectivity index (χ1n) is 6.61. The van der Waals surface area contributed by atoms with Gasteiger partial charge in [0.15, 0.2) is 0 Å². The molecule has 1 N–H and O–H groups in total. The van der Waals surface area contributed by atoms with Crippen molar-refractivity contribution in [2.24, 2.45) is 0 Å². The fraction of sp³-hybridized carbons (Fsp3) is 0.250. The monoisotopic (exact) mass is 461 g/mol. The number of halogens is 2. The van der Waals surface area contributed by atoms with E-state index in [9.17, 15) is 0 Å². The second-order valence-electron chi connectivity index (χ2n) is 4.46. The molecule has 0 aliphatic heterocycles. The van der Waals surface area contributed by atoms with Gasteiger partial charge in [0.1, 0.15) is 11.5 Å². The van der Waals surface area contributed by atoms with Gasteiger partial charge in [-0.2, -0.15) is 0 Å². The number of para-hydroxylation sites is 1. The van der Waals surface area contributed by atoms with Gasteiger partial charge in [0.05, 0.1) is 10.2 Å². The van der Waals surface area contributed by atoms with Crippen molar-refractivity contribution in [1.82, 2.24) is 5.32 Å². The molecule has 0 amide bonds. The molecule has 0 saturated carbocycles. The predicted octanol–water partition coefficient (Wildman–Crippen LogP) is 4.58. The number of hydrogen-bond acceptors (Lipinski definition) is 3. The minimum Gasteiger partial charge on any atom is -0.456 e. The van der Waals surface area contributed by atoms with Gasteiger partial charge in [0.25, 0.3) is 0 Å². The SMILES string of the molecule is COCCNCc1ccc(Oc2ccccc2I)cc1Br. The van der Waals surface area contributed by atoms with Crippen molar-refractivity contribution >= 4 is 38.5 Å². The van der Waals surface area contributed by atoms with Gasteiger partial charge in [0, 0.05) is 24.7 Å². The summed E-state index contributed by atoms with van der Waals surface area (Å²) < 4.78 is 13.1. The molecule has 112 valence electrons. The van der Waals surface area contributed by atoms with Crippen molar-refractivity contribution in [2.75, 3.05) is 20.3 Å². The molecule has 2 aromatic carbocycles. The Morgan fingerprint density at radius 3 is 2.71 bits per heavy atom. The molecule has 0 bridgehead atoms. The standard InChI is InChI=1S/C16H17BrINO2/c1-20-9-8-19-11-12-6-7-13(10-14(12)17)21-16-5-3-2-4-15(16)18/h2-7,10,19H,8-9,11H2,1H3. The molecular weight excluding hydrogens is 445 g/mol. The number of methoxy groups -OCH3 is 1. The minimum atomic E-state index is 0.714. The lowest BCUT2D eigenvalue weighted by Gasteiger charge is -2.11. The van der Waals surface area contributed by atoms with E-state index in [0.717, 1.165) is 32.6 Å². The van der Waals surface area contributed by atoms with Gasteiger partial charge in [-0.05, 0) is 52.4 Å². The average Bonchev–Trinajstić information content (AvgIpc) is 2.48. The van der Waals surface area contributed by atoms with E-state index in [-0.39, 0.29) is 0 Å². The highest BCUT2D eigenvalue weighted by Crippen LogP contribution is 2.29. The van der Waals surface area contributed by atoms with E-state index < -0.39 is 0 Å². The van der Waals surface area contributed by atoms with Gasteiger partial charge in [0.2, 0.25) is 0 Å². The summed E-state index contributed by atoms with van der Waals surface area (Å²) in [7, 11) is 1.70. The smallest absolute Gasteiger partial charge is 0.140 e. The van der Waals surface area contributed by atoms with Crippen LogP contribution < -0.4 is 10.1 Å². The molecule has 0 fully saturated rings. The van der Waals surface area contributed by atoms with Crippen LogP contribution in [0.3, 0.4) is 0 Å². The van der Waals surface area contributed by atoms with E-state index in [4.69, 9.17) is 9.47 Å². The molecule has 21 heavy (non-hydrogen) atoms. The van der Waals surface area contributed by atoms with Crippen molar-refractivity contribution in [3.63, 3.8) is 0 Å². The quantitative estimate of drug-likeness (QED) is 0.483. The van der Waals surface area contributed by atoms with Crippen LogP contribution in [0.1, 0.15) is 5.56 Å². The topological polar surface area (TPSA) is 30.5 Å². The molecule has 5 heteroatoms. The van der Waals surface area contributed by atoms with Crippen LogP contribution in [0.4, 0.5) is 0 Å². The van der Waals surface area contributed by atoms with Crippen LogP contribution in [0.25, 0.3) is 0 Å². The lowest BCUT2D eigenvalue weighted by atomic mass is 10.2. The fourth-order valence-electron chi connectivity index (χ4n) is 1.79. The average molecular weight is 462 g/mol. The molecule has 0 aliphatic rings. The highest BCUT2D eigenvalue weighted by molar-refractivity contribution is 14.1.